The van der Waals surface area contributed by atoms with Crippen LogP contribution in [0.4, 0.5) is 4.39 Å². The minimum absolute atomic E-state index is 0.0426. The molecule has 0 bridgehead atoms. The Morgan fingerprint density at radius 1 is 1.30 bits per heavy atom. The molecule has 2 rings (SSSR count). The fourth-order valence-corrected chi connectivity index (χ4v) is 2.00. The van der Waals surface area contributed by atoms with Crippen LogP contribution in [0, 0.1) is 11.2 Å². The number of rotatable bonds is 2. The lowest BCUT2D eigenvalue weighted by molar-refractivity contribution is 0.391. The van der Waals surface area contributed by atoms with E-state index >= 15 is 0 Å². The number of H-pyrrole nitrogens is 1. The van der Waals surface area contributed by atoms with Gasteiger partial charge in [-0.25, -0.2) is 4.39 Å². The zero-order valence-electron chi connectivity index (χ0n) is 11.7. The van der Waals surface area contributed by atoms with Gasteiger partial charge >= 0.3 is 0 Å². The first-order chi connectivity index (χ1) is 9.28. The molecule has 0 amide bonds. The van der Waals surface area contributed by atoms with Crippen molar-refractivity contribution in [3.8, 4) is 17.0 Å². The van der Waals surface area contributed by atoms with E-state index in [2.05, 4.69) is 9.97 Å². The Hall–Kier alpha value is -2.17. The maximum absolute atomic E-state index is 13.7. The lowest BCUT2D eigenvalue weighted by Crippen LogP contribution is -2.19. The Morgan fingerprint density at radius 3 is 2.50 bits per heavy atom. The summed E-state index contributed by atoms with van der Waals surface area (Å²) in [5, 5.41) is 9.95. The highest BCUT2D eigenvalue weighted by Gasteiger charge is 2.19. The number of benzene rings is 1. The van der Waals surface area contributed by atoms with Gasteiger partial charge in [0.05, 0.1) is 0 Å². The van der Waals surface area contributed by atoms with Crippen LogP contribution in [-0.2, 0) is 6.42 Å². The second kappa shape index (κ2) is 5.07. The van der Waals surface area contributed by atoms with Gasteiger partial charge in [0.2, 0.25) is 5.88 Å². The van der Waals surface area contributed by atoms with Gasteiger partial charge < -0.3 is 10.1 Å². The zero-order chi connectivity index (χ0) is 14.9. The molecule has 2 aromatic rings. The summed E-state index contributed by atoms with van der Waals surface area (Å²) in [6.07, 6.45) is 0.507. The second-order valence-electron chi connectivity index (χ2n) is 5.93. The van der Waals surface area contributed by atoms with Crippen molar-refractivity contribution in [2.45, 2.75) is 27.2 Å². The SMILES string of the molecule is CC(C)(C)Cc1nc(O)c(-c2ccccc2F)c(=O)[nH]1. The van der Waals surface area contributed by atoms with Crippen molar-refractivity contribution >= 4 is 0 Å². The molecule has 4 nitrogen and oxygen atoms in total. The molecule has 0 radical (unpaired) electrons. The van der Waals surface area contributed by atoms with Gasteiger partial charge in [-0.2, -0.15) is 4.98 Å². The largest absolute Gasteiger partial charge is 0.493 e. The number of aromatic nitrogens is 2. The Balaban J connectivity index is 2.53. The predicted molar refractivity (Wildman–Crippen MR) is 75.1 cm³/mol. The highest BCUT2D eigenvalue weighted by Crippen LogP contribution is 2.26. The Labute approximate surface area is 116 Å². The van der Waals surface area contributed by atoms with E-state index in [1.54, 1.807) is 6.07 Å². The molecule has 1 heterocycles. The van der Waals surface area contributed by atoms with Crippen LogP contribution in [-0.4, -0.2) is 15.1 Å². The van der Waals surface area contributed by atoms with Crippen LogP contribution in [0.5, 0.6) is 5.88 Å². The van der Waals surface area contributed by atoms with Gasteiger partial charge in [0.15, 0.2) is 0 Å². The molecule has 0 fully saturated rings. The number of hydrogen-bond acceptors (Lipinski definition) is 3. The highest BCUT2D eigenvalue weighted by molar-refractivity contribution is 5.67. The van der Waals surface area contributed by atoms with E-state index in [-0.39, 0.29) is 16.5 Å². The molecule has 1 aromatic carbocycles. The van der Waals surface area contributed by atoms with Crippen molar-refractivity contribution in [3.05, 3.63) is 46.3 Å². The first kappa shape index (κ1) is 14.2. The predicted octanol–water partition coefficient (Wildman–Crippen LogP) is 2.87. The van der Waals surface area contributed by atoms with Crippen molar-refractivity contribution in [2.24, 2.45) is 5.41 Å². The van der Waals surface area contributed by atoms with Crippen LogP contribution >= 0.6 is 0 Å². The molecule has 5 heteroatoms. The van der Waals surface area contributed by atoms with Crippen LogP contribution in [0.3, 0.4) is 0 Å². The summed E-state index contributed by atoms with van der Waals surface area (Å²) in [4.78, 5) is 18.7. The van der Waals surface area contributed by atoms with Crippen molar-refractivity contribution in [1.82, 2.24) is 9.97 Å². The third kappa shape index (κ3) is 3.04. The van der Waals surface area contributed by atoms with Crippen LogP contribution in [0.15, 0.2) is 29.1 Å². The third-order valence-electron chi connectivity index (χ3n) is 2.79. The second-order valence-corrected chi connectivity index (χ2v) is 5.93. The first-order valence-electron chi connectivity index (χ1n) is 6.35. The van der Waals surface area contributed by atoms with Gasteiger partial charge in [-0.1, -0.05) is 39.0 Å². The summed E-state index contributed by atoms with van der Waals surface area (Å²) < 4.78 is 13.7. The average molecular weight is 276 g/mol. The monoisotopic (exact) mass is 276 g/mol. The van der Waals surface area contributed by atoms with Crippen molar-refractivity contribution < 1.29 is 9.50 Å². The maximum Gasteiger partial charge on any atom is 0.262 e. The molecule has 1 aromatic heterocycles. The number of nitrogens with zero attached hydrogens (tertiary/aromatic N) is 1. The van der Waals surface area contributed by atoms with Gasteiger partial charge in [-0.3, -0.25) is 4.79 Å². The smallest absolute Gasteiger partial charge is 0.262 e. The molecular weight excluding hydrogens is 259 g/mol. The van der Waals surface area contributed by atoms with E-state index in [0.717, 1.165) is 0 Å². The van der Waals surface area contributed by atoms with Crippen molar-refractivity contribution in [1.29, 1.82) is 0 Å². The number of aromatic amines is 1. The van der Waals surface area contributed by atoms with E-state index in [1.165, 1.54) is 18.2 Å². The van der Waals surface area contributed by atoms with E-state index in [4.69, 9.17) is 0 Å². The number of hydrogen-bond donors (Lipinski definition) is 2. The Morgan fingerprint density at radius 2 is 1.95 bits per heavy atom. The molecule has 0 aliphatic rings. The molecule has 0 unspecified atom stereocenters. The average Bonchev–Trinajstić information content (AvgIpc) is 2.28. The van der Waals surface area contributed by atoms with Gasteiger partial charge in [0.25, 0.3) is 5.56 Å². The summed E-state index contributed by atoms with van der Waals surface area (Å²) in [6.45, 7) is 5.98. The van der Waals surface area contributed by atoms with Gasteiger partial charge in [-0.15, -0.1) is 0 Å². The molecule has 0 aliphatic heterocycles. The first-order valence-corrected chi connectivity index (χ1v) is 6.35. The Bertz CT molecular complexity index is 687. The van der Waals surface area contributed by atoms with E-state index in [9.17, 15) is 14.3 Å². The quantitative estimate of drug-likeness (QED) is 0.886. The minimum Gasteiger partial charge on any atom is -0.493 e. The molecule has 0 saturated carbocycles. The lowest BCUT2D eigenvalue weighted by atomic mass is 9.92. The number of nitrogens with one attached hydrogen (secondary N) is 1. The molecule has 106 valence electrons. The van der Waals surface area contributed by atoms with Crippen molar-refractivity contribution in [2.75, 3.05) is 0 Å². The third-order valence-corrected chi connectivity index (χ3v) is 2.79. The van der Waals surface area contributed by atoms with E-state index in [0.29, 0.717) is 12.2 Å². The summed E-state index contributed by atoms with van der Waals surface area (Å²) in [5.74, 6) is -0.628. The van der Waals surface area contributed by atoms with Crippen LogP contribution in [0.1, 0.15) is 26.6 Å². The fraction of sp³-hybridized carbons (Fsp3) is 0.333. The molecule has 2 N–H and O–H groups in total. The number of halogens is 1. The molecule has 0 saturated heterocycles. The van der Waals surface area contributed by atoms with Crippen molar-refractivity contribution in [3.63, 3.8) is 0 Å². The summed E-state index contributed by atoms with van der Waals surface area (Å²) in [5.41, 5.74) is -0.717. The maximum atomic E-state index is 13.7. The lowest BCUT2D eigenvalue weighted by Gasteiger charge is -2.17. The number of aromatic hydroxyl groups is 1. The highest BCUT2D eigenvalue weighted by atomic mass is 19.1. The standard InChI is InChI=1S/C15H17FN2O2/c1-15(2,3)8-11-17-13(19)12(14(20)18-11)9-6-4-5-7-10(9)16/h4-7H,8H2,1-3H3,(H2,17,18,19,20). The van der Waals surface area contributed by atoms with Crippen LogP contribution < -0.4 is 5.56 Å². The molecule has 20 heavy (non-hydrogen) atoms. The summed E-state index contributed by atoms with van der Waals surface area (Å²) in [6, 6.07) is 5.79. The zero-order valence-corrected chi connectivity index (χ0v) is 11.7. The van der Waals surface area contributed by atoms with Crippen LogP contribution in [0.25, 0.3) is 11.1 Å². The van der Waals surface area contributed by atoms with Crippen LogP contribution in [0.2, 0.25) is 0 Å². The molecular formula is C15H17FN2O2. The van der Waals surface area contributed by atoms with E-state index in [1.807, 2.05) is 20.8 Å². The topological polar surface area (TPSA) is 66.0 Å². The van der Waals surface area contributed by atoms with Gasteiger partial charge in [0, 0.05) is 12.0 Å². The summed E-state index contributed by atoms with van der Waals surface area (Å²) in [7, 11) is 0. The minimum atomic E-state index is -0.571. The summed E-state index contributed by atoms with van der Waals surface area (Å²) >= 11 is 0. The molecule has 0 atom stereocenters. The normalized spacial score (nSPS) is 11.6. The Kier molecular flexibility index (Phi) is 3.61. The molecule has 0 spiro atoms. The van der Waals surface area contributed by atoms with Gasteiger partial charge in [-0.05, 0) is 11.5 Å². The van der Waals surface area contributed by atoms with Gasteiger partial charge in [0.1, 0.15) is 17.2 Å². The fourth-order valence-electron chi connectivity index (χ4n) is 2.00. The molecule has 0 aliphatic carbocycles. The van der Waals surface area contributed by atoms with E-state index < -0.39 is 17.3 Å².